The number of benzene rings is 1. The first-order valence-electron chi connectivity index (χ1n) is 7.69. The molecule has 0 aliphatic heterocycles. The van der Waals surface area contributed by atoms with E-state index >= 15 is 0 Å². The second kappa shape index (κ2) is 7.11. The van der Waals surface area contributed by atoms with Crippen molar-refractivity contribution in [1.29, 1.82) is 0 Å². The molecule has 0 saturated heterocycles. The van der Waals surface area contributed by atoms with Crippen molar-refractivity contribution in [3.8, 4) is 11.6 Å². The van der Waals surface area contributed by atoms with Gasteiger partial charge in [-0.2, -0.15) is 0 Å². The van der Waals surface area contributed by atoms with Crippen molar-refractivity contribution >= 4 is 0 Å². The third-order valence-electron chi connectivity index (χ3n) is 3.80. The molecule has 1 aromatic carbocycles. The lowest BCUT2D eigenvalue weighted by Crippen LogP contribution is -2.15. The smallest absolute Gasteiger partial charge is 0.213 e. The van der Waals surface area contributed by atoms with Crippen LogP contribution in [0.5, 0.6) is 5.88 Å². The highest BCUT2D eigenvalue weighted by Crippen LogP contribution is 2.15. The number of ether oxygens (including phenoxy) is 1. The molecule has 118 valence electrons. The Hall–Kier alpha value is -2.59. The summed E-state index contributed by atoms with van der Waals surface area (Å²) in [7, 11) is 1.62. The van der Waals surface area contributed by atoms with Gasteiger partial charge in [-0.3, -0.25) is 0 Å². The van der Waals surface area contributed by atoms with Crippen LogP contribution in [0.4, 0.5) is 0 Å². The number of nitrogens with zero attached hydrogens (tertiary/aromatic N) is 2. The number of pyridine rings is 1. The van der Waals surface area contributed by atoms with E-state index in [2.05, 4.69) is 52.1 Å². The molecule has 0 amide bonds. The van der Waals surface area contributed by atoms with E-state index in [9.17, 15) is 0 Å². The van der Waals surface area contributed by atoms with Crippen LogP contribution >= 0.6 is 0 Å². The average Bonchev–Trinajstić information content (AvgIpc) is 3.05. The maximum atomic E-state index is 5.11. The van der Waals surface area contributed by atoms with Crippen LogP contribution in [0.25, 0.3) is 5.69 Å². The van der Waals surface area contributed by atoms with Crippen molar-refractivity contribution in [3.63, 3.8) is 0 Å². The van der Waals surface area contributed by atoms with Gasteiger partial charge in [0.05, 0.1) is 19.0 Å². The highest BCUT2D eigenvalue weighted by atomic mass is 16.5. The molecule has 0 fully saturated rings. The minimum atomic E-state index is 0.625. The molecule has 0 spiro atoms. The van der Waals surface area contributed by atoms with Crippen LogP contribution in [0.1, 0.15) is 16.8 Å². The van der Waals surface area contributed by atoms with Crippen LogP contribution in [0.2, 0.25) is 0 Å². The molecular weight excluding hydrogens is 286 g/mol. The number of aryl methyl sites for hydroxylation is 1. The fraction of sp³-hybridized carbons (Fsp3) is 0.211. The lowest BCUT2D eigenvalue weighted by atomic mass is 10.1. The predicted molar refractivity (Wildman–Crippen MR) is 91.8 cm³/mol. The summed E-state index contributed by atoms with van der Waals surface area (Å²) in [5, 5.41) is 3.49. The Balaban J connectivity index is 1.65. The highest BCUT2D eigenvalue weighted by Gasteiger charge is 2.04. The molecule has 0 bridgehead atoms. The molecule has 2 aromatic heterocycles. The van der Waals surface area contributed by atoms with E-state index in [4.69, 9.17) is 4.74 Å². The molecule has 4 nitrogen and oxygen atoms in total. The molecule has 0 radical (unpaired) electrons. The van der Waals surface area contributed by atoms with Crippen LogP contribution in [0.15, 0.2) is 60.9 Å². The van der Waals surface area contributed by atoms with Crippen LogP contribution in [-0.4, -0.2) is 16.7 Å². The fourth-order valence-corrected chi connectivity index (χ4v) is 2.49. The van der Waals surface area contributed by atoms with Gasteiger partial charge in [-0.25, -0.2) is 4.98 Å². The standard InChI is InChI=1S/C19H21N3O/c1-15-5-7-16(8-6-15)12-20-13-17-4-3-11-22(17)18-9-10-19(23-2)21-14-18/h3-11,14,20H,12-13H2,1-2H3. The Kier molecular flexibility index (Phi) is 4.74. The van der Waals surface area contributed by atoms with E-state index in [0.717, 1.165) is 18.8 Å². The van der Waals surface area contributed by atoms with E-state index in [-0.39, 0.29) is 0 Å². The zero-order valence-corrected chi connectivity index (χ0v) is 13.5. The lowest BCUT2D eigenvalue weighted by molar-refractivity contribution is 0.398. The first-order chi connectivity index (χ1) is 11.3. The van der Waals surface area contributed by atoms with Gasteiger partial charge in [0.25, 0.3) is 0 Å². The third-order valence-corrected chi connectivity index (χ3v) is 3.80. The van der Waals surface area contributed by atoms with E-state index in [1.165, 1.54) is 16.8 Å². The molecule has 23 heavy (non-hydrogen) atoms. The van der Waals surface area contributed by atoms with Gasteiger partial charge < -0.3 is 14.6 Å². The molecule has 2 heterocycles. The van der Waals surface area contributed by atoms with Crippen molar-refractivity contribution < 1.29 is 4.74 Å². The van der Waals surface area contributed by atoms with Gasteiger partial charge in [-0.1, -0.05) is 29.8 Å². The van der Waals surface area contributed by atoms with Gasteiger partial charge in [0, 0.05) is 31.0 Å². The van der Waals surface area contributed by atoms with Gasteiger partial charge in [-0.15, -0.1) is 0 Å². The number of rotatable bonds is 6. The summed E-state index contributed by atoms with van der Waals surface area (Å²) in [6.45, 7) is 3.76. The zero-order valence-electron chi connectivity index (χ0n) is 13.5. The first kappa shape index (κ1) is 15.3. The average molecular weight is 307 g/mol. The van der Waals surface area contributed by atoms with Crippen molar-refractivity contribution in [1.82, 2.24) is 14.9 Å². The van der Waals surface area contributed by atoms with Crippen molar-refractivity contribution in [2.24, 2.45) is 0 Å². The molecule has 3 rings (SSSR count). The summed E-state index contributed by atoms with van der Waals surface area (Å²) in [4.78, 5) is 4.27. The van der Waals surface area contributed by atoms with E-state index in [1.807, 2.05) is 30.6 Å². The molecule has 0 atom stereocenters. The van der Waals surface area contributed by atoms with Gasteiger partial charge in [0.2, 0.25) is 5.88 Å². The summed E-state index contributed by atoms with van der Waals surface area (Å²) < 4.78 is 7.24. The summed E-state index contributed by atoms with van der Waals surface area (Å²) in [6.07, 6.45) is 3.87. The maximum absolute atomic E-state index is 5.11. The van der Waals surface area contributed by atoms with E-state index in [0.29, 0.717) is 5.88 Å². The van der Waals surface area contributed by atoms with Crippen molar-refractivity contribution in [2.75, 3.05) is 7.11 Å². The number of hydrogen-bond donors (Lipinski definition) is 1. The Morgan fingerprint density at radius 2 is 1.87 bits per heavy atom. The Morgan fingerprint density at radius 3 is 2.57 bits per heavy atom. The number of hydrogen-bond acceptors (Lipinski definition) is 3. The van der Waals surface area contributed by atoms with Gasteiger partial charge in [-0.05, 0) is 30.7 Å². The number of aromatic nitrogens is 2. The highest BCUT2D eigenvalue weighted by molar-refractivity contribution is 5.34. The Morgan fingerprint density at radius 1 is 1.04 bits per heavy atom. The van der Waals surface area contributed by atoms with Crippen LogP contribution in [0.3, 0.4) is 0 Å². The minimum absolute atomic E-state index is 0.625. The fourth-order valence-electron chi connectivity index (χ4n) is 2.49. The van der Waals surface area contributed by atoms with Crippen LogP contribution < -0.4 is 10.1 Å². The summed E-state index contributed by atoms with van der Waals surface area (Å²) in [5.41, 5.74) is 4.81. The van der Waals surface area contributed by atoms with E-state index in [1.54, 1.807) is 7.11 Å². The van der Waals surface area contributed by atoms with Gasteiger partial charge in [0.1, 0.15) is 0 Å². The lowest BCUT2D eigenvalue weighted by Gasteiger charge is -2.11. The number of nitrogens with one attached hydrogen (secondary N) is 1. The molecule has 3 aromatic rings. The van der Waals surface area contributed by atoms with Crippen LogP contribution in [-0.2, 0) is 13.1 Å². The molecule has 0 aliphatic rings. The normalized spacial score (nSPS) is 10.7. The van der Waals surface area contributed by atoms with Crippen LogP contribution in [0, 0.1) is 6.92 Å². The Bertz CT molecular complexity index is 745. The zero-order chi connectivity index (χ0) is 16.1. The Labute approximate surface area is 136 Å². The second-order valence-electron chi connectivity index (χ2n) is 5.52. The molecule has 1 N–H and O–H groups in total. The SMILES string of the molecule is COc1ccc(-n2cccc2CNCc2ccc(C)cc2)cn1. The maximum Gasteiger partial charge on any atom is 0.213 e. The minimum Gasteiger partial charge on any atom is -0.481 e. The molecular formula is C19H21N3O. The molecule has 0 aliphatic carbocycles. The molecule has 4 heteroatoms. The topological polar surface area (TPSA) is 39.1 Å². The second-order valence-corrected chi connectivity index (χ2v) is 5.52. The largest absolute Gasteiger partial charge is 0.481 e. The third kappa shape index (κ3) is 3.79. The van der Waals surface area contributed by atoms with Crippen molar-refractivity contribution in [2.45, 2.75) is 20.0 Å². The molecule has 0 saturated carbocycles. The first-order valence-corrected chi connectivity index (χ1v) is 7.69. The monoisotopic (exact) mass is 307 g/mol. The number of methoxy groups -OCH3 is 1. The van der Waals surface area contributed by atoms with Gasteiger partial charge in [0.15, 0.2) is 0 Å². The molecule has 0 unspecified atom stereocenters. The van der Waals surface area contributed by atoms with Crippen molar-refractivity contribution in [3.05, 3.63) is 77.7 Å². The predicted octanol–water partition coefficient (Wildman–Crippen LogP) is 3.48. The van der Waals surface area contributed by atoms with Gasteiger partial charge >= 0.3 is 0 Å². The summed E-state index contributed by atoms with van der Waals surface area (Å²) in [6, 6.07) is 16.7. The van der Waals surface area contributed by atoms with E-state index < -0.39 is 0 Å². The quantitative estimate of drug-likeness (QED) is 0.758. The summed E-state index contributed by atoms with van der Waals surface area (Å²) in [5.74, 6) is 0.625. The summed E-state index contributed by atoms with van der Waals surface area (Å²) >= 11 is 0.